The molecule has 0 aliphatic carbocycles. The maximum Gasteiger partial charge on any atom is 0.333 e. The average molecular weight is 765 g/mol. The predicted molar refractivity (Wildman–Crippen MR) is 248 cm³/mol. The third-order valence-corrected chi connectivity index (χ3v) is 13.8. The van der Waals surface area contributed by atoms with E-state index < -0.39 is 0 Å². The number of ether oxygens (including phenoxy) is 1. The van der Waals surface area contributed by atoms with E-state index in [-0.39, 0.29) is 28.5 Å². The summed E-state index contributed by atoms with van der Waals surface area (Å²) in [4.78, 5) is 5.23. The van der Waals surface area contributed by atoms with Gasteiger partial charge < -0.3 is 14.4 Å². The summed E-state index contributed by atoms with van der Waals surface area (Å²) in [6.07, 6.45) is 0. The van der Waals surface area contributed by atoms with Gasteiger partial charge in [0.1, 0.15) is 0 Å². The second-order valence-corrected chi connectivity index (χ2v) is 21.8. The van der Waals surface area contributed by atoms with E-state index in [0.29, 0.717) is 0 Å². The fourth-order valence-corrected chi connectivity index (χ4v) is 10.4. The molecule has 3 nitrogen and oxygen atoms in total. The van der Waals surface area contributed by atoms with E-state index in [2.05, 4.69) is 196 Å². The monoisotopic (exact) mass is 764 g/mol. The van der Waals surface area contributed by atoms with Crippen LogP contribution in [-0.2, 0) is 21.7 Å². The Morgan fingerprint density at radius 3 is 1.82 bits per heavy atom. The number of anilines is 5. The fourth-order valence-electron chi connectivity index (χ4n) is 9.28. The van der Waals surface area contributed by atoms with Crippen LogP contribution < -0.4 is 25.4 Å². The predicted octanol–water partition coefficient (Wildman–Crippen LogP) is 14.1. The standard InChI is InChI=1S/C52H53BN2OS/c1-49(2,3)30-17-20-34(21-18-30)54-40-27-31(50(4,5)6)19-22-38(40)53-46-36(25-32(28-41(46)54)51(7,8)9)37-26-33(52(10,11)12)29-42-47(37)55(53)39-23-24-44-45(48(39)56-42)35-15-13-14-16-43(35)57-44/h13-29H,1-12H3. The Morgan fingerprint density at radius 1 is 0.526 bits per heavy atom. The van der Waals surface area contributed by atoms with Crippen molar-refractivity contribution in [1.82, 2.24) is 0 Å². The Hall–Kier alpha value is -5.00. The highest BCUT2D eigenvalue weighted by Crippen LogP contribution is 2.59. The third kappa shape index (κ3) is 5.44. The van der Waals surface area contributed by atoms with Gasteiger partial charge in [0, 0.05) is 42.8 Å². The molecule has 286 valence electrons. The van der Waals surface area contributed by atoms with Crippen LogP contribution in [0.4, 0.5) is 28.4 Å². The van der Waals surface area contributed by atoms with Crippen LogP contribution >= 0.6 is 11.3 Å². The summed E-state index contributed by atoms with van der Waals surface area (Å²) in [6, 6.07) is 39.9. The molecule has 5 heteroatoms. The first-order valence-electron chi connectivity index (χ1n) is 20.6. The van der Waals surface area contributed by atoms with Gasteiger partial charge in [-0.1, -0.05) is 132 Å². The molecule has 10 rings (SSSR count). The fraction of sp³-hybridized carbons (Fsp3) is 0.308. The van der Waals surface area contributed by atoms with Gasteiger partial charge in [-0.2, -0.15) is 0 Å². The lowest BCUT2D eigenvalue weighted by atomic mass is 9.43. The molecule has 0 N–H and O–H groups in total. The molecule has 0 spiro atoms. The molecule has 57 heavy (non-hydrogen) atoms. The molecule has 3 aliphatic rings. The number of benzene rings is 6. The van der Waals surface area contributed by atoms with Crippen molar-refractivity contribution in [2.45, 2.75) is 105 Å². The molecule has 4 heterocycles. The summed E-state index contributed by atoms with van der Waals surface area (Å²) in [6.45, 7) is 27.8. The second kappa shape index (κ2) is 11.8. The highest BCUT2D eigenvalue weighted by atomic mass is 32.1. The van der Waals surface area contributed by atoms with E-state index in [4.69, 9.17) is 4.74 Å². The van der Waals surface area contributed by atoms with Crippen molar-refractivity contribution in [2.24, 2.45) is 0 Å². The van der Waals surface area contributed by atoms with Crippen molar-refractivity contribution >= 4 is 77.7 Å². The van der Waals surface area contributed by atoms with Crippen LogP contribution in [0.1, 0.15) is 105 Å². The Bertz CT molecular complexity index is 2820. The minimum atomic E-state index is -0.0869. The van der Waals surface area contributed by atoms with Gasteiger partial charge in [-0.25, -0.2) is 0 Å². The van der Waals surface area contributed by atoms with Crippen LogP contribution in [0.5, 0.6) is 11.5 Å². The van der Waals surface area contributed by atoms with Gasteiger partial charge >= 0.3 is 6.85 Å². The highest BCUT2D eigenvalue weighted by Gasteiger charge is 2.49. The van der Waals surface area contributed by atoms with Crippen LogP contribution in [0.25, 0.3) is 31.3 Å². The second-order valence-electron chi connectivity index (χ2n) is 20.7. The van der Waals surface area contributed by atoms with E-state index in [9.17, 15) is 0 Å². The first kappa shape index (κ1) is 36.4. The average Bonchev–Trinajstić information content (AvgIpc) is 3.53. The van der Waals surface area contributed by atoms with E-state index in [1.807, 2.05) is 11.3 Å². The zero-order valence-corrected chi connectivity index (χ0v) is 36.4. The molecule has 3 aliphatic heterocycles. The smallest absolute Gasteiger partial charge is 0.333 e. The molecule has 0 bridgehead atoms. The highest BCUT2D eigenvalue weighted by molar-refractivity contribution is 7.25. The normalized spacial score (nSPS) is 14.7. The SMILES string of the molecule is CC(C)(C)c1ccc(N2c3cc(C(C)(C)C)ccc3B3c4c(cc(C(C)(C)C)cc42)-c2cc(C(C)(C)C)cc4c2N3c2ccc3sc5ccccc5c3c2O4)cc1. The van der Waals surface area contributed by atoms with Gasteiger partial charge in [-0.3, -0.25) is 0 Å². The lowest BCUT2D eigenvalue weighted by Crippen LogP contribution is -2.62. The quantitative estimate of drug-likeness (QED) is 0.155. The molecule has 6 aromatic carbocycles. The number of thiophene rings is 1. The molecule has 0 saturated carbocycles. The van der Waals surface area contributed by atoms with Gasteiger partial charge in [0.2, 0.25) is 0 Å². The van der Waals surface area contributed by atoms with Crippen molar-refractivity contribution in [2.75, 3.05) is 9.71 Å². The Morgan fingerprint density at radius 2 is 1.14 bits per heavy atom. The van der Waals surface area contributed by atoms with Crippen LogP contribution in [0.15, 0.2) is 103 Å². The van der Waals surface area contributed by atoms with Crippen LogP contribution in [0, 0.1) is 0 Å². The van der Waals surface area contributed by atoms with E-state index in [0.717, 1.165) is 22.9 Å². The molecular formula is C52H53BN2OS. The van der Waals surface area contributed by atoms with Crippen LogP contribution in [0.3, 0.4) is 0 Å². The first-order valence-corrected chi connectivity index (χ1v) is 21.4. The summed E-state index contributed by atoms with van der Waals surface area (Å²) in [7, 11) is 0. The van der Waals surface area contributed by atoms with Crippen molar-refractivity contribution in [3.63, 3.8) is 0 Å². The van der Waals surface area contributed by atoms with Crippen molar-refractivity contribution < 1.29 is 4.74 Å². The molecule has 0 radical (unpaired) electrons. The Kier molecular flexibility index (Phi) is 7.52. The molecule has 7 aromatic rings. The lowest BCUT2D eigenvalue weighted by molar-refractivity contribution is 0.480. The zero-order valence-electron chi connectivity index (χ0n) is 35.6. The first-order chi connectivity index (χ1) is 26.8. The van der Waals surface area contributed by atoms with Gasteiger partial charge in [0.05, 0.1) is 11.4 Å². The van der Waals surface area contributed by atoms with Crippen molar-refractivity contribution in [3.05, 3.63) is 125 Å². The number of fused-ring (bicyclic) bond motifs is 10. The van der Waals surface area contributed by atoms with Crippen LogP contribution in [0.2, 0.25) is 0 Å². The van der Waals surface area contributed by atoms with Crippen molar-refractivity contribution in [3.8, 4) is 22.6 Å². The summed E-state index contributed by atoms with van der Waals surface area (Å²) in [5, 5.41) is 2.46. The summed E-state index contributed by atoms with van der Waals surface area (Å²) >= 11 is 1.85. The number of rotatable bonds is 1. The summed E-state index contributed by atoms with van der Waals surface area (Å²) in [5.74, 6) is 1.90. The van der Waals surface area contributed by atoms with Gasteiger partial charge in [0.25, 0.3) is 0 Å². The molecular weight excluding hydrogens is 711 g/mol. The number of nitrogens with zero attached hydrogens (tertiary/aromatic N) is 2. The van der Waals surface area contributed by atoms with E-state index in [1.54, 1.807) is 0 Å². The molecule has 0 atom stereocenters. The van der Waals surface area contributed by atoms with Crippen LogP contribution in [-0.4, -0.2) is 6.85 Å². The van der Waals surface area contributed by atoms with Gasteiger partial charge in [-0.15, -0.1) is 11.3 Å². The van der Waals surface area contributed by atoms with E-state index in [1.165, 1.54) is 81.5 Å². The molecule has 1 aromatic heterocycles. The maximum atomic E-state index is 7.33. The number of hydrogen-bond donors (Lipinski definition) is 0. The largest absolute Gasteiger partial charge is 0.452 e. The molecule has 0 fully saturated rings. The summed E-state index contributed by atoms with van der Waals surface area (Å²) < 4.78 is 9.86. The third-order valence-electron chi connectivity index (χ3n) is 12.6. The summed E-state index contributed by atoms with van der Waals surface area (Å²) in [5.41, 5.74) is 16.3. The maximum absolute atomic E-state index is 7.33. The van der Waals surface area contributed by atoms with Gasteiger partial charge in [-0.05, 0) is 115 Å². The van der Waals surface area contributed by atoms with Gasteiger partial charge in [0.15, 0.2) is 11.5 Å². The molecule has 0 saturated heterocycles. The zero-order chi connectivity index (χ0) is 40.1. The minimum absolute atomic E-state index is 0.0254. The topological polar surface area (TPSA) is 15.7 Å². The van der Waals surface area contributed by atoms with Crippen molar-refractivity contribution in [1.29, 1.82) is 0 Å². The molecule has 0 amide bonds. The lowest BCUT2D eigenvalue weighted by Gasteiger charge is -2.48. The Labute approximate surface area is 343 Å². The number of hydrogen-bond acceptors (Lipinski definition) is 4. The Balaban J connectivity index is 1.35. The van der Waals surface area contributed by atoms with E-state index >= 15 is 0 Å². The molecule has 0 unspecified atom stereocenters. The minimum Gasteiger partial charge on any atom is -0.452 e.